The van der Waals surface area contributed by atoms with Crippen LogP contribution in [-0.4, -0.2) is 9.72 Å². The minimum Gasteiger partial charge on any atom is -0.381 e. The molecule has 2 N–H and O–H groups in total. The van der Waals surface area contributed by atoms with Crippen LogP contribution < -0.4 is 5.73 Å². The number of benzene rings is 1. The number of fused-ring (bicyclic) bond motifs is 1. The molecule has 0 unspecified atom stereocenters. The van der Waals surface area contributed by atoms with Gasteiger partial charge in [-0.15, -0.1) is 0 Å². The Morgan fingerprint density at radius 3 is 2.76 bits per heavy atom. The van der Waals surface area contributed by atoms with Crippen LogP contribution in [0.3, 0.4) is 0 Å². The van der Waals surface area contributed by atoms with E-state index in [1.807, 2.05) is 7.05 Å². The van der Waals surface area contributed by atoms with Gasteiger partial charge in [-0.3, -0.25) is 0 Å². The highest BCUT2D eigenvalue weighted by Gasteiger charge is 2.12. The molecule has 3 rings (SSSR count). The molecular formula is C13H13N3O. The van der Waals surface area contributed by atoms with Crippen LogP contribution in [0.25, 0.3) is 22.4 Å². The van der Waals surface area contributed by atoms with Gasteiger partial charge in [-0.05, 0) is 18.6 Å². The molecule has 0 aliphatic carbocycles. The summed E-state index contributed by atoms with van der Waals surface area (Å²) in [5.41, 5.74) is 9.01. The van der Waals surface area contributed by atoms with Gasteiger partial charge < -0.3 is 14.8 Å². The lowest BCUT2D eigenvalue weighted by Crippen LogP contribution is -1.91. The van der Waals surface area contributed by atoms with Gasteiger partial charge in [0.15, 0.2) is 11.6 Å². The largest absolute Gasteiger partial charge is 0.381 e. The van der Waals surface area contributed by atoms with Crippen LogP contribution in [-0.2, 0) is 7.05 Å². The van der Waals surface area contributed by atoms with Crippen molar-refractivity contribution in [1.82, 2.24) is 9.72 Å². The first kappa shape index (κ1) is 9.96. The minimum absolute atomic E-state index is 0.405. The molecular weight excluding hydrogens is 214 g/mol. The van der Waals surface area contributed by atoms with Gasteiger partial charge in [0.05, 0.1) is 11.2 Å². The van der Waals surface area contributed by atoms with Crippen LogP contribution in [0.2, 0.25) is 0 Å². The van der Waals surface area contributed by atoms with E-state index in [4.69, 9.17) is 10.3 Å². The summed E-state index contributed by atoms with van der Waals surface area (Å²) < 4.78 is 7.31. The Labute approximate surface area is 98.6 Å². The van der Waals surface area contributed by atoms with E-state index in [1.165, 1.54) is 16.5 Å². The number of hydrogen-bond donors (Lipinski definition) is 1. The molecule has 0 saturated heterocycles. The Morgan fingerprint density at radius 2 is 2.12 bits per heavy atom. The smallest absolute Gasteiger partial charge is 0.185 e. The highest BCUT2D eigenvalue weighted by Crippen LogP contribution is 2.29. The van der Waals surface area contributed by atoms with Gasteiger partial charge in [-0.1, -0.05) is 23.4 Å². The molecule has 0 fully saturated rings. The topological polar surface area (TPSA) is 57.0 Å². The number of aryl methyl sites for hydroxylation is 2. The molecule has 86 valence electrons. The number of hydrogen-bond acceptors (Lipinski definition) is 3. The molecule has 0 amide bonds. The fourth-order valence-electron chi connectivity index (χ4n) is 2.27. The summed E-state index contributed by atoms with van der Waals surface area (Å²) in [4.78, 5) is 0. The Morgan fingerprint density at radius 1 is 1.29 bits per heavy atom. The summed E-state index contributed by atoms with van der Waals surface area (Å²) in [5.74, 6) is 1.10. The first-order valence-corrected chi connectivity index (χ1v) is 5.44. The molecule has 1 aromatic carbocycles. The van der Waals surface area contributed by atoms with E-state index in [9.17, 15) is 0 Å². The fraction of sp³-hybridized carbons (Fsp3) is 0.154. The summed E-state index contributed by atoms with van der Waals surface area (Å²) in [6.45, 7) is 2.10. The third-order valence-electron chi connectivity index (χ3n) is 3.04. The van der Waals surface area contributed by atoms with Crippen molar-refractivity contribution in [2.24, 2.45) is 7.05 Å². The van der Waals surface area contributed by atoms with E-state index >= 15 is 0 Å². The molecule has 2 heterocycles. The van der Waals surface area contributed by atoms with Crippen LogP contribution in [0.5, 0.6) is 0 Å². The number of aromatic nitrogens is 2. The summed E-state index contributed by atoms with van der Waals surface area (Å²) >= 11 is 0. The maximum Gasteiger partial charge on any atom is 0.185 e. The van der Waals surface area contributed by atoms with Gasteiger partial charge in [0, 0.05) is 18.5 Å². The van der Waals surface area contributed by atoms with E-state index in [1.54, 1.807) is 6.07 Å². The Bertz CT molecular complexity index is 694. The average Bonchev–Trinajstić information content (AvgIpc) is 2.84. The fourth-order valence-corrected chi connectivity index (χ4v) is 2.27. The molecule has 0 aliphatic rings. The third kappa shape index (κ3) is 1.41. The number of nitrogens with zero attached hydrogens (tertiary/aromatic N) is 2. The van der Waals surface area contributed by atoms with Crippen molar-refractivity contribution >= 4 is 16.7 Å². The Balaban J connectivity index is 2.32. The summed E-state index contributed by atoms with van der Waals surface area (Å²) in [6.07, 6.45) is 0. The maximum atomic E-state index is 5.58. The van der Waals surface area contributed by atoms with Crippen LogP contribution in [0, 0.1) is 6.92 Å². The second-order valence-electron chi connectivity index (χ2n) is 4.22. The molecule has 0 bridgehead atoms. The number of anilines is 1. The number of nitrogen functional groups attached to an aromatic ring is 1. The van der Waals surface area contributed by atoms with Crippen LogP contribution in [0.1, 0.15) is 5.56 Å². The number of para-hydroxylation sites is 1. The normalized spacial score (nSPS) is 11.2. The van der Waals surface area contributed by atoms with Crippen molar-refractivity contribution in [3.05, 3.63) is 35.9 Å². The lowest BCUT2D eigenvalue weighted by molar-refractivity contribution is 0.433. The first-order chi connectivity index (χ1) is 8.16. The van der Waals surface area contributed by atoms with Gasteiger partial charge in [-0.25, -0.2) is 0 Å². The van der Waals surface area contributed by atoms with Crippen LogP contribution in [0.15, 0.2) is 34.9 Å². The predicted molar refractivity (Wildman–Crippen MR) is 67.6 cm³/mol. The van der Waals surface area contributed by atoms with Crippen molar-refractivity contribution in [3.8, 4) is 11.5 Å². The molecule has 0 aliphatic heterocycles. The molecule has 0 spiro atoms. The van der Waals surface area contributed by atoms with E-state index in [0.29, 0.717) is 11.6 Å². The highest BCUT2D eigenvalue weighted by molar-refractivity contribution is 5.88. The SMILES string of the molecule is Cc1cccc2cc(-c3cc(N)no3)n(C)c12. The zero-order valence-electron chi connectivity index (χ0n) is 9.77. The third-order valence-corrected chi connectivity index (χ3v) is 3.04. The first-order valence-electron chi connectivity index (χ1n) is 5.44. The second-order valence-corrected chi connectivity index (χ2v) is 4.22. The van der Waals surface area contributed by atoms with Crippen molar-refractivity contribution < 1.29 is 4.52 Å². The van der Waals surface area contributed by atoms with Gasteiger partial charge in [0.1, 0.15) is 0 Å². The monoisotopic (exact) mass is 227 g/mol. The maximum absolute atomic E-state index is 5.58. The predicted octanol–water partition coefficient (Wildman–Crippen LogP) is 2.72. The molecule has 0 saturated carbocycles. The van der Waals surface area contributed by atoms with E-state index in [0.717, 1.165) is 5.69 Å². The van der Waals surface area contributed by atoms with Crippen LogP contribution in [0.4, 0.5) is 5.82 Å². The molecule has 2 aromatic heterocycles. The Kier molecular flexibility index (Phi) is 1.98. The standard InChI is InChI=1S/C13H13N3O/c1-8-4-3-5-9-6-10(16(2)13(8)9)11-7-12(14)15-17-11/h3-7H,1-2H3,(H2,14,15). The van der Waals surface area contributed by atoms with E-state index in [2.05, 4.69) is 40.9 Å². The van der Waals surface area contributed by atoms with Gasteiger partial charge in [0.2, 0.25) is 0 Å². The summed E-state index contributed by atoms with van der Waals surface area (Å²) in [5, 5.41) is 4.91. The highest BCUT2D eigenvalue weighted by atomic mass is 16.5. The number of nitrogens with two attached hydrogens (primary N) is 1. The molecule has 0 radical (unpaired) electrons. The van der Waals surface area contributed by atoms with E-state index in [-0.39, 0.29) is 0 Å². The van der Waals surface area contributed by atoms with Gasteiger partial charge in [0.25, 0.3) is 0 Å². The summed E-state index contributed by atoms with van der Waals surface area (Å²) in [7, 11) is 2.02. The minimum atomic E-state index is 0.405. The molecule has 4 heteroatoms. The lowest BCUT2D eigenvalue weighted by atomic mass is 10.2. The average molecular weight is 227 g/mol. The van der Waals surface area contributed by atoms with Crippen molar-refractivity contribution in [2.45, 2.75) is 6.92 Å². The van der Waals surface area contributed by atoms with Crippen molar-refractivity contribution in [1.29, 1.82) is 0 Å². The zero-order valence-corrected chi connectivity index (χ0v) is 9.77. The molecule has 3 aromatic rings. The number of rotatable bonds is 1. The quantitative estimate of drug-likeness (QED) is 0.695. The van der Waals surface area contributed by atoms with Gasteiger partial charge >= 0.3 is 0 Å². The second kappa shape index (κ2) is 3.38. The molecule has 17 heavy (non-hydrogen) atoms. The zero-order chi connectivity index (χ0) is 12.0. The lowest BCUT2D eigenvalue weighted by Gasteiger charge is -2.02. The molecule has 4 nitrogen and oxygen atoms in total. The van der Waals surface area contributed by atoms with Crippen LogP contribution >= 0.6 is 0 Å². The van der Waals surface area contributed by atoms with Gasteiger partial charge in [-0.2, -0.15) is 0 Å². The van der Waals surface area contributed by atoms with E-state index < -0.39 is 0 Å². The van der Waals surface area contributed by atoms with Crippen molar-refractivity contribution in [3.63, 3.8) is 0 Å². The summed E-state index contributed by atoms with van der Waals surface area (Å²) in [6, 6.07) is 10.1. The van der Waals surface area contributed by atoms with Crippen molar-refractivity contribution in [2.75, 3.05) is 5.73 Å². The molecule has 0 atom stereocenters. The Hall–Kier alpha value is -2.23.